The van der Waals surface area contributed by atoms with Gasteiger partial charge in [0.1, 0.15) is 11.6 Å². The number of carbonyl (C=O) groups is 3. The average molecular weight is 366 g/mol. The fourth-order valence-electron chi connectivity index (χ4n) is 2.63. The second-order valence-corrected chi connectivity index (χ2v) is 6.52. The van der Waals surface area contributed by atoms with Gasteiger partial charge in [-0.05, 0) is 37.1 Å². The Morgan fingerprint density at radius 2 is 1.93 bits per heavy atom. The maximum absolute atomic E-state index is 12.6. The molecule has 0 spiro atoms. The molecule has 1 aliphatic heterocycles. The Balaban J connectivity index is 1.44. The molecule has 3 amide bonds. The van der Waals surface area contributed by atoms with Gasteiger partial charge in [-0.25, -0.2) is 4.98 Å². The van der Waals surface area contributed by atoms with Crippen molar-refractivity contribution < 1.29 is 19.1 Å². The third-order valence-electron chi connectivity index (χ3n) is 4.32. The number of para-hydroxylation sites is 2. The van der Waals surface area contributed by atoms with Crippen LogP contribution in [0.5, 0.6) is 5.75 Å². The molecule has 2 fully saturated rings. The highest BCUT2D eigenvalue weighted by Crippen LogP contribution is 2.30. The number of ether oxygens (including phenoxy) is 1. The highest BCUT2D eigenvalue weighted by atomic mass is 16.5. The lowest BCUT2D eigenvalue weighted by atomic mass is 10.2. The van der Waals surface area contributed by atoms with Gasteiger partial charge in [-0.1, -0.05) is 12.1 Å². The number of anilines is 2. The highest BCUT2D eigenvalue weighted by Gasteiger charge is 2.30. The van der Waals surface area contributed by atoms with E-state index in [0.717, 1.165) is 12.8 Å². The van der Waals surface area contributed by atoms with E-state index in [0.29, 0.717) is 22.8 Å². The maximum Gasteiger partial charge on any atom is 0.255 e. The predicted molar refractivity (Wildman–Crippen MR) is 97.2 cm³/mol. The molecular weight excluding hydrogens is 348 g/mol. The summed E-state index contributed by atoms with van der Waals surface area (Å²) in [6, 6.07) is 10.1. The van der Waals surface area contributed by atoms with Crippen molar-refractivity contribution in [1.29, 1.82) is 0 Å². The Bertz CT molecular complexity index is 902. The van der Waals surface area contributed by atoms with Gasteiger partial charge in [-0.15, -0.1) is 0 Å². The summed E-state index contributed by atoms with van der Waals surface area (Å²) in [4.78, 5) is 39.5. The van der Waals surface area contributed by atoms with Crippen LogP contribution in [0.4, 0.5) is 11.5 Å². The zero-order valence-corrected chi connectivity index (χ0v) is 14.4. The number of aromatic nitrogens is 1. The van der Waals surface area contributed by atoms with Crippen LogP contribution in [0.3, 0.4) is 0 Å². The van der Waals surface area contributed by atoms with Crippen LogP contribution >= 0.6 is 0 Å². The summed E-state index contributed by atoms with van der Waals surface area (Å²) < 4.78 is 5.68. The van der Waals surface area contributed by atoms with Crippen molar-refractivity contribution in [2.24, 2.45) is 5.92 Å². The van der Waals surface area contributed by atoms with Crippen LogP contribution in [-0.2, 0) is 9.59 Å². The first-order valence-electron chi connectivity index (χ1n) is 8.72. The first-order valence-corrected chi connectivity index (χ1v) is 8.72. The molecule has 0 bridgehead atoms. The van der Waals surface area contributed by atoms with Crippen LogP contribution in [0, 0.1) is 5.92 Å². The molecule has 2 heterocycles. The summed E-state index contributed by atoms with van der Waals surface area (Å²) in [5.41, 5.74) is 0.854. The Kier molecular flexibility index (Phi) is 4.45. The van der Waals surface area contributed by atoms with E-state index < -0.39 is 0 Å². The summed E-state index contributed by atoms with van der Waals surface area (Å²) in [5, 5.41) is 8.14. The Hall–Kier alpha value is -3.42. The number of hydrogen-bond acceptors (Lipinski definition) is 5. The van der Waals surface area contributed by atoms with Gasteiger partial charge < -0.3 is 20.7 Å². The zero-order chi connectivity index (χ0) is 18.8. The second-order valence-electron chi connectivity index (χ2n) is 6.52. The normalized spacial score (nSPS) is 18.1. The predicted octanol–water partition coefficient (Wildman–Crippen LogP) is 1.91. The minimum atomic E-state index is -0.388. The van der Waals surface area contributed by atoms with Crippen LogP contribution in [0.1, 0.15) is 29.6 Å². The molecule has 2 aromatic rings. The molecule has 138 valence electrons. The molecular formula is C19H18N4O4. The van der Waals surface area contributed by atoms with E-state index in [2.05, 4.69) is 20.9 Å². The Morgan fingerprint density at radius 1 is 1.15 bits per heavy atom. The first-order chi connectivity index (χ1) is 13.1. The Labute approximate surface area is 155 Å². The van der Waals surface area contributed by atoms with Crippen LogP contribution in [-0.4, -0.2) is 28.9 Å². The van der Waals surface area contributed by atoms with Crippen LogP contribution in [0.25, 0.3) is 0 Å². The summed E-state index contributed by atoms with van der Waals surface area (Å²) in [6.07, 6.45) is 3.16. The number of hydrogen-bond donors (Lipinski definition) is 3. The van der Waals surface area contributed by atoms with Gasteiger partial charge in [0.15, 0.2) is 6.23 Å². The van der Waals surface area contributed by atoms with Gasteiger partial charge in [0.05, 0.1) is 12.1 Å². The standard InChI is InChI=1S/C19H18N4O4/c24-16-10-17(23-16)27-14-4-2-1-3-13(14)21-19(26)12-7-8-20-15(9-12)22-18(25)11-5-6-11/h1-4,7-9,11,17H,5-6,10H2,(H,21,26)(H,23,24)(H,20,22,25). The van der Waals surface area contributed by atoms with Crippen molar-refractivity contribution in [2.75, 3.05) is 10.6 Å². The van der Waals surface area contributed by atoms with E-state index in [1.807, 2.05) is 0 Å². The van der Waals surface area contributed by atoms with Crippen molar-refractivity contribution in [3.05, 3.63) is 48.2 Å². The molecule has 1 aromatic carbocycles. The largest absolute Gasteiger partial charge is 0.468 e. The zero-order valence-electron chi connectivity index (χ0n) is 14.4. The minimum absolute atomic E-state index is 0.0558. The van der Waals surface area contributed by atoms with Crippen molar-refractivity contribution in [3.63, 3.8) is 0 Å². The van der Waals surface area contributed by atoms with Gasteiger partial charge in [0.2, 0.25) is 11.8 Å². The van der Waals surface area contributed by atoms with E-state index in [1.54, 1.807) is 30.3 Å². The number of nitrogens with zero attached hydrogens (tertiary/aromatic N) is 1. The molecule has 27 heavy (non-hydrogen) atoms. The summed E-state index contributed by atoms with van der Waals surface area (Å²) in [6.45, 7) is 0. The quantitative estimate of drug-likeness (QED) is 0.677. The van der Waals surface area contributed by atoms with Crippen LogP contribution in [0.2, 0.25) is 0 Å². The van der Waals surface area contributed by atoms with E-state index >= 15 is 0 Å². The van der Waals surface area contributed by atoms with Crippen LogP contribution in [0.15, 0.2) is 42.6 Å². The molecule has 1 saturated heterocycles. The monoisotopic (exact) mass is 366 g/mol. The van der Waals surface area contributed by atoms with E-state index in [-0.39, 0.29) is 36.3 Å². The molecule has 1 atom stereocenters. The number of pyridine rings is 1. The van der Waals surface area contributed by atoms with Crippen molar-refractivity contribution in [2.45, 2.75) is 25.5 Å². The minimum Gasteiger partial charge on any atom is -0.468 e. The Morgan fingerprint density at radius 3 is 2.67 bits per heavy atom. The number of benzene rings is 1. The number of amides is 3. The van der Waals surface area contributed by atoms with E-state index in [4.69, 9.17) is 4.74 Å². The molecule has 8 heteroatoms. The fraction of sp³-hybridized carbons (Fsp3) is 0.263. The third-order valence-corrected chi connectivity index (χ3v) is 4.32. The molecule has 0 radical (unpaired) electrons. The fourth-order valence-corrected chi connectivity index (χ4v) is 2.63. The maximum atomic E-state index is 12.6. The molecule has 8 nitrogen and oxygen atoms in total. The molecule has 3 N–H and O–H groups in total. The molecule has 1 aromatic heterocycles. The average Bonchev–Trinajstić information content (AvgIpc) is 3.47. The molecule has 2 aliphatic rings. The van der Waals surface area contributed by atoms with Crippen molar-refractivity contribution >= 4 is 29.2 Å². The van der Waals surface area contributed by atoms with Gasteiger partial charge in [-0.3, -0.25) is 14.4 Å². The molecule has 1 saturated carbocycles. The lowest BCUT2D eigenvalue weighted by Gasteiger charge is -2.28. The van der Waals surface area contributed by atoms with E-state index in [1.165, 1.54) is 12.3 Å². The number of nitrogens with one attached hydrogen (secondary N) is 3. The number of β-lactam (4-membered cyclic amide) rings is 1. The summed E-state index contributed by atoms with van der Waals surface area (Å²) in [5.74, 6) is 0.377. The van der Waals surface area contributed by atoms with Crippen molar-refractivity contribution in [1.82, 2.24) is 10.3 Å². The van der Waals surface area contributed by atoms with Gasteiger partial charge in [0, 0.05) is 17.7 Å². The topological polar surface area (TPSA) is 109 Å². The lowest BCUT2D eigenvalue weighted by molar-refractivity contribution is -0.134. The molecule has 1 unspecified atom stereocenters. The smallest absolute Gasteiger partial charge is 0.255 e. The van der Waals surface area contributed by atoms with Gasteiger partial charge in [0.25, 0.3) is 5.91 Å². The summed E-state index contributed by atoms with van der Waals surface area (Å²) >= 11 is 0. The highest BCUT2D eigenvalue weighted by molar-refractivity contribution is 6.06. The SMILES string of the molecule is O=C1CC(Oc2ccccc2NC(=O)c2ccnc(NC(=O)C3CC3)c2)N1. The van der Waals surface area contributed by atoms with Gasteiger partial charge >= 0.3 is 0 Å². The van der Waals surface area contributed by atoms with E-state index in [9.17, 15) is 14.4 Å². The van der Waals surface area contributed by atoms with Gasteiger partial charge in [-0.2, -0.15) is 0 Å². The molecule has 4 rings (SSSR count). The first kappa shape index (κ1) is 17.0. The second kappa shape index (κ2) is 7.06. The third kappa shape index (κ3) is 4.05. The number of rotatable bonds is 6. The lowest BCUT2D eigenvalue weighted by Crippen LogP contribution is -2.51. The molecule has 1 aliphatic carbocycles. The summed E-state index contributed by atoms with van der Waals surface area (Å²) in [7, 11) is 0. The van der Waals surface area contributed by atoms with Crippen LogP contribution < -0.4 is 20.7 Å². The number of carbonyl (C=O) groups excluding carboxylic acids is 3. The van der Waals surface area contributed by atoms with Crippen molar-refractivity contribution in [3.8, 4) is 5.75 Å².